The number of nitrogens with one attached hydrogen (secondary N) is 1. The molecule has 0 aliphatic rings. The number of carbonyl (C=O) groups excluding carboxylic acids is 1. The van der Waals surface area contributed by atoms with Crippen molar-refractivity contribution in [1.82, 2.24) is 5.32 Å². The monoisotopic (exact) mass is 331 g/mol. The summed E-state index contributed by atoms with van der Waals surface area (Å²) < 4.78 is 12.8. The molecule has 3 aromatic rings. The Hall–Kier alpha value is -1.98. The highest BCUT2D eigenvalue weighted by molar-refractivity contribution is 7.10. The fraction of sp³-hybridized carbons (Fsp3) is 0.118. The molecule has 0 saturated carbocycles. The second-order valence-electron chi connectivity index (χ2n) is 4.89. The third-order valence-electron chi connectivity index (χ3n) is 3.25. The number of benzene rings is 1. The fourth-order valence-corrected chi connectivity index (χ4v) is 3.59. The lowest BCUT2D eigenvalue weighted by Crippen LogP contribution is -2.24. The summed E-state index contributed by atoms with van der Waals surface area (Å²) in [4.78, 5) is 13.0. The first-order valence-corrected chi connectivity index (χ1v) is 8.64. The lowest BCUT2D eigenvalue weighted by Gasteiger charge is -2.04. The molecule has 0 saturated heterocycles. The van der Waals surface area contributed by atoms with Gasteiger partial charge in [0.25, 0.3) is 0 Å². The predicted octanol–water partition coefficient (Wildman–Crippen LogP) is 4.47. The maximum absolute atomic E-state index is 12.8. The van der Waals surface area contributed by atoms with Gasteiger partial charge in [0.1, 0.15) is 5.82 Å². The zero-order chi connectivity index (χ0) is 15.4. The summed E-state index contributed by atoms with van der Waals surface area (Å²) in [6.45, 7) is 0.523. The summed E-state index contributed by atoms with van der Waals surface area (Å²) >= 11 is 3.31. The molecule has 112 valence electrons. The quantitative estimate of drug-likeness (QED) is 0.734. The molecule has 22 heavy (non-hydrogen) atoms. The Morgan fingerprint density at radius 1 is 1.09 bits per heavy atom. The van der Waals surface area contributed by atoms with Crippen LogP contribution < -0.4 is 5.32 Å². The highest BCUT2D eigenvalue weighted by atomic mass is 32.1. The largest absolute Gasteiger partial charge is 0.351 e. The summed E-state index contributed by atoms with van der Waals surface area (Å²) in [5.41, 5.74) is 3.21. The number of rotatable bonds is 5. The Balaban J connectivity index is 1.54. The molecular weight excluding hydrogens is 317 g/mol. The van der Waals surface area contributed by atoms with Gasteiger partial charge in [-0.2, -0.15) is 11.3 Å². The third kappa shape index (κ3) is 3.81. The summed E-state index contributed by atoms with van der Waals surface area (Å²) in [5.74, 6) is -0.346. The molecule has 1 N–H and O–H groups in total. The van der Waals surface area contributed by atoms with Gasteiger partial charge in [0.2, 0.25) is 5.91 Å². The smallest absolute Gasteiger partial charge is 0.224 e. The fourth-order valence-electron chi connectivity index (χ4n) is 2.09. The number of hydrogen-bond donors (Lipinski definition) is 1. The molecule has 0 radical (unpaired) electrons. The Morgan fingerprint density at radius 2 is 1.91 bits per heavy atom. The standard InChI is InChI=1S/C17H14FNOS2/c18-15-3-1-12(2-4-15)7-17(20)19-9-16-8-14(11-22-16)13-5-6-21-10-13/h1-6,8,10-11H,7,9H2,(H,19,20). The van der Waals surface area contributed by atoms with Crippen LogP contribution >= 0.6 is 22.7 Å². The highest BCUT2D eigenvalue weighted by Gasteiger charge is 2.06. The zero-order valence-corrected chi connectivity index (χ0v) is 13.3. The van der Waals surface area contributed by atoms with Crippen LogP contribution in [0.3, 0.4) is 0 Å². The predicted molar refractivity (Wildman–Crippen MR) is 89.6 cm³/mol. The first-order valence-electron chi connectivity index (χ1n) is 6.82. The van der Waals surface area contributed by atoms with Gasteiger partial charge in [-0.25, -0.2) is 4.39 Å². The minimum atomic E-state index is -0.288. The van der Waals surface area contributed by atoms with Crippen LogP contribution in [0.25, 0.3) is 11.1 Å². The Kier molecular flexibility index (Phi) is 4.65. The van der Waals surface area contributed by atoms with Crippen LogP contribution in [0.5, 0.6) is 0 Å². The molecule has 0 bridgehead atoms. The van der Waals surface area contributed by atoms with Crippen molar-refractivity contribution < 1.29 is 9.18 Å². The first kappa shape index (κ1) is 14.9. The summed E-state index contributed by atoms with van der Waals surface area (Å²) in [6.07, 6.45) is 0.267. The van der Waals surface area contributed by atoms with Crippen molar-refractivity contribution in [3.63, 3.8) is 0 Å². The van der Waals surface area contributed by atoms with E-state index >= 15 is 0 Å². The highest BCUT2D eigenvalue weighted by Crippen LogP contribution is 2.27. The van der Waals surface area contributed by atoms with E-state index in [4.69, 9.17) is 0 Å². The van der Waals surface area contributed by atoms with E-state index in [2.05, 4.69) is 33.6 Å². The van der Waals surface area contributed by atoms with E-state index in [0.29, 0.717) is 6.54 Å². The second kappa shape index (κ2) is 6.85. The van der Waals surface area contributed by atoms with Crippen molar-refractivity contribution in [3.8, 4) is 11.1 Å². The molecule has 3 rings (SSSR count). The minimum absolute atomic E-state index is 0.0582. The van der Waals surface area contributed by atoms with Crippen molar-refractivity contribution >= 4 is 28.6 Å². The van der Waals surface area contributed by atoms with Crippen LogP contribution in [0, 0.1) is 5.82 Å². The Bertz CT molecular complexity index is 747. The molecule has 0 fully saturated rings. The van der Waals surface area contributed by atoms with Gasteiger partial charge in [-0.3, -0.25) is 4.79 Å². The van der Waals surface area contributed by atoms with Gasteiger partial charge in [0.15, 0.2) is 0 Å². The molecule has 1 aromatic carbocycles. The number of carbonyl (C=O) groups is 1. The molecule has 0 unspecified atom stereocenters. The summed E-state index contributed by atoms with van der Waals surface area (Å²) in [6, 6.07) is 10.2. The van der Waals surface area contributed by atoms with Gasteiger partial charge < -0.3 is 5.32 Å². The number of hydrogen-bond acceptors (Lipinski definition) is 3. The van der Waals surface area contributed by atoms with E-state index in [1.807, 2.05) is 0 Å². The van der Waals surface area contributed by atoms with E-state index < -0.39 is 0 Å². The van der Waals surface area contributed by atoms with Crippen molar-refractivity contribution in [2.75, 3.05) is 0 Å². The molecule has 1 amide bonds. The topological polar surface area (TPSA) is 29.1 Å². The lowest BCUT2D eigenvalue weighted by molar-refractivity contribution is -0.120. The van der Waals surface area contributed by atoms with Crippen molar-refractivity contribution in [2.45, 2.75) is 13.0 Å². The van der Waals surface area contributed by atoms with Crippen LogP contribution in [0.15, 0.2) is 52.5 Å². The van der Waals surface area contributed by atoms with Gasteiger partial charge in [-0.15, -0.1) is 11.3 Å². The third-order valence-corrected chi connectivity index (χ3v) is 4.87. The second-order valence-corrected chi connectivity index (χ2v) is 6.67. The normalized spacial score (nSPS) is 10.6. The SMILES string of the molecule is O=C(Cc1ccc(F)cc1)NCc1cc(-c2ccsc2)cs1. The minimum Gasteiger partial charge on any atom is -0.351 e. The Labute approximate surface area is 136 Å². The van der Waals surface area contributed by atoms with Gasteiger partial charge in [0, 0.05) is 4.88 Å². The number of amides is 1. The van der Waals surface area contributed by atoms with Gasteiger partial charge in [0.05, 0.1) is 13.0 Å². The van der Waals surface area contributed by atoms with Crippen molar-refractivity contribution in [2.24, 2.45) is 0 Å². The number of halogens is 1. The molecule has 0 spiro atoms. The number of thiophene rings is 2. The van der Waals surface area contributed by atoms with Crippen LogP contribution in [0.2, 0.25) is 0 Å². The summed E-state index contributed by atoms with van der Waals surface area (Å²) in [5, 5.41) is 9.16. The van der Waals surface area contributed by atoms with Crippen LogP contribution in [-0.2, 0) is 17.8 Å². The Morgan fingerprint density at radius 3 is 2.64 bits per heavy atom. The van der Waals surface area contributed by atoms with E-state index in [0.717, 1.165) is 10.4 Å². The molecule has 5 heteroatoms. The van der Waals surface area contributed by atoms with Crippen LogP contribution in [-0.4, -0.2) is 5.91 Å². The van der Waals surface area contributed by atoms with Crippen LogP contribution in [0.4, 0.5) is 4.39 Å². The van der Waals surface area contributed by atoms with Gasteiger partial charge >= 0.3 is 0 Å². The van der Waals surface area contributed by atoms with E-state index in [1.54, 1.807) is 34.8 Å². The van der Waals surface area contributed by atoms with E-state index in [9.17, 15) is 9.18 Å². The van der Waals surface area contributed by atoms with Gasteiger partial charge in [-0.1, -0.05) is 12.1 Å². The van der Waals surface area contributed by atoms with Gasteiger partial charge in [-0.05, 0) is 57.1 Å². The average Bonchev–Trinajstić information content (AvgIpc) is 3.18. The average molecular weight is 331 g/mol. The first-order chi connectivity index (χ1) is 10.7. The molecule has 0 aliphatic carbocycles. The molecule has 2 heterocycles. The maximum atomic E-state index is 12.8. The summed E-state index contributed by atoms with van der Waals surface area (Å²) in [7, 11) is 0. The maximum Gasteiger partial charge on any atom is 0.224 e. The molecule has 2 aromatic heterocycles. The zero-order valence-electron chi connectivity index (χ0n) is 11.7. The molecule has 2 nitrogen and oxygen atoms in total. The molecule has 0 aliphatic heterocycles. The van der Waals surface area contributed by atoms with Crippen molar-refractivity contribution in [1.29, 1.82) is 0 Å². The van der Waals surface area contributed by atoms with Crippen LogP contribution in [0.1, 0.15) is 10.4 Å². The van der Waals surface area contributed by atoms with Crippen molar-refractivity contribution in [3.05, 3.63) is 68.8 Å². The van der Waals surface area contributed by atoms with E-state index in [1.165, 1.54) is 23.3 Å². The molecular formula is C17H14FNOS2. The van der Waals surface area contributed by atoms with E-state index in [-0.39, 0.29) is 18.1 Å². The molecule has 0 atom stereocenters. The lowest BCUT2D eigenvalue weighted by atomic mass is 10.1.